The van der Waals surface area contributed by atoms with Gasteiger partial charge >= 0.3 is 21.3 Å². The first-order valence-electron chi connectivity index (χ1n) is 4.95. The fourth-order valence-corrected chi connectivity index (χ4v) is 1.22. The molecule has 8 nitrogen and oxygen atoms in total. The largest absolute Gasteiger partial charge is 0.508 e. The Morgan fingerprint density at radius 3 is 1.27 bits per heavy atom. The van der Waals surface area contributed by atoms with Crippen molar-refractivity contribution in [2.45, 2.75) is 9.04 Å². The van der Waals surface area contributed by atoms with Crippen LogP contribution in [0, 0.1) is 0 Å². The summed E-state index contributed by atoms with van der Waals surface area (Å²) < 4.78 is 2.04. The molecule has 0 fully saturated rings. The van der Waals surface area contributed by atoms with E-state index in [2.05, 4.69) is 9.47 Å². The van der Waals surface area contributed by atoms with Gasteiger partial charge in [0.1, 0.15) is 0 Å². The lowest BCUT2D eigenvalue weighted by Crippen LogP contribution is -2.43. The van der Waals surface area contributed by atoms with Gasteiger partial charge in [-0.25, -0.2) is 9.59 Å². The summed E-state index contributed by atoms with van der Waals surface area (Å²) in [4.78, 5) is 20.1. The minimum Gasteiger partial charge on any atom is -0.504 e. The number of rotatable bonds is 3. The second-order valence-corrected chi connectivity index (χ2v) is 5.77. The number of halogens is 4. The average Bonchev–Trinajstić information content (AvgIpc) is 2.30. The van der Waals surface area contributed by atoms with Crippen molar-refractivity contribution < 1.29 is 39.5 Å². The summed E-state index contributed by atoms with van der Waals surface area (Å²) in [5, 5.41) is 33.6. The third kappa shape index (κ3) is 6.99. The van der Waals surface area contributed by atoms with Gasteiger partial charge in [0.15, 0.2) is 11.5 Å². The quantitative estimate of drug-likeness (QED) is 0.344. The SMILES string of the molecule is O=C(O)OC(Cl)(Cl)C(Cl)(Cl)OC(=O)O.Oc1ccccc1O. The molecule has 0 bridgehead atoms. The lowest BCUT2D eigenvalue weighted by Gasteiger charge is -2.28. The van der Waals surface area contributed by atoms with Crippen LogP contribution in [-0.2, 0) is 9.47 Å². The van der Waals surface area contributed by atoms with Gasteiger partial charge < -0.3 is 29.9 Å². The fourth-order valence-electron chi connectivity index (χ4n) is 0.802. The summed E-state index contributed by atoms with van der Waals surface area (Å²) in [6.07, 6.45) is -3.82. The van der Waals surface area contributed by atoms with E-state index in [0.717, 1.165) is 0 Å². The van der Waals surface area contributed by atoms with Crippen LogP contribution in [0.5, 0.6) is 11.5 Å². The number of phenols is 2. The molecule has 0 heterocycles. The molecule has 124 valence electrons. The van der Waals surface area contributed by atoms with E-state index in [1.165, 1.54) is 12.1 Å². The molecule has 0 saturated carbocycles. The van der Waals surface area contributed by atoms with Gasteiger partial charge in [0, 0.05) is 0 Å². The van der Waals surface area contributed by atoms with E-state index in [9.17, 15) is 9.59 Å². The molecule has 0 aliphatic carbocycles. The minimum atomic E-state index is -2.78. The van der Waals surface area contributed by atoms with Crippen LogP contribution < -0.4 is 0 Å². The van der Waals surface area contributed by atoms with Crippen molar-refractivity contribution in [3.8, 4) is 11.5 Å². The number of alkyl halides is 4. The molecule has 1 aromatic rings. The number of benzene rings is 1. The summed E-state index contributed by atoms with van der Waals surface area (Å²) >= 11 is 20.7. The van der Waals surface area contributed by atoms with Crippen LogP contribution in [0.3, 0.4) is 0 Å². The van der Waals surface area contributed by atoms with Crippen LogP contribution in [0.15, 0.2) is 24.3 Å². The predicted molar refractivity (Wildman–Crippen MR) is 76.9 cm³/mol. The summed E-state index contributed by atoms with van der Waals surface area (Å²) in [6.45, 7) is 0. The molecule has 0 spiro atoms. The van der Waals surface area contributed by atoms with E-state index in [4.69, 9.17) is 66.8 Å². The van der Waals surface area contributed by atoms with Gasteiger partial charge in [-0.1, -0.05) is 12.1 Å². The molecular weight excluding hydrogens is 390 g/mol. The number of hydrogen-bond donors (Lipinski definition) is 4. The zero-order valence-corrected chi connectivity index (χ0v) is 13.3. The Morgan fingerprint density at radius 2 is 1.09 bits per heavy atom. The summed E-state index contributed by atoms with van der Waals surface area (Å²) in [6, 6.07) is 6.15. The summed E-state index contributed by atoms with van der Waals surface area (Å²) in [5.41, 5.74) is 0. The molecule has 12 heteroatoms. The summed E-state index contributed by atoms with van der Waals surface area (Å²) in [7, 11) is 0. The number of phenolic OH excluding ortho intramolecular Hbond substituents is 2. The molecule has 0 saturated heterocycles. The first kappa shape index (κ1) is 20.5. The van der Waals surface area contributed by atoms with Gasteiger partial charge in [0.05, 0.1) is 0 Å². The number of carbonyl (C=O) groups is 2. The Balaban J connectivity index is 0.000000461. The van der Waals surface area contributed by atoms with Crippen molar-refractivity contribution in [1.29, 1.82) is 0 Å². The van der Waals surface area contributed by atoms with E-state index in [1.807, 2.05) is 0 Å². The van der Waals surface area contributed by atoms with Crippen LogP contribution in [-0.4, -0.2) is 41.8 Å². The Kier molecular flexibility index (Phi) is 7.68. The van der Waals surface area contributed by atoms with Crippen LogP contribution in [0.2, 0.25) is 0 Å². The molecule has 4 N–H and O–H groups in total. The van der Waals surface area contributed by atoms with Gasteiger partial charge in [0.25, 0.3) is 0 Å². The Morgan fingerprint density at radius 1 is 0.818 bits per heavy atom. The topological polar surface area (TPSA) is 134 Å². The molecule has 0 aromatic heterocycles. The molecular formula is C10H8Cl4O8. The van der Waals surface area contributed by atoms with Crippen molar-refractivity contribution in [2.75, 3.05) is 0 Å². The lowest BCUT2D eigenvalue weighted by molar-refractivity contribution is -0.0132. The number of hydrogen-bond acceptors (Lipinski definition) is 6. The van der Waals surface area contributed by atoms with E-state index in [0.29, 0.717) is 0 Å². The highest BCUT2D eigenvalue weighted by atomic mass is 35.5. The van der Waals surface area contributed by atoms with Crippen LogP contribution in [0.25, 0.3) is 0 Å². The monoisotopic (exact) mass is 396 g/mol. The highest BCUT2D eigenvalue weighted by molar-refractivity contribution is 6.61. The van der Waals surface area contributed by atoms with Crippen LogP contribution in [0.1, 0.15) is 0 Å². The second-order valence-electron chi connectivity index (χ2n) is 3.26. The molecule has 1 rings (SSSR count). The summed E-state index contributed by atoms with van der Waals surface area (Å²) in [5.74, 6) is -0.153. The highest BCUT2D eigenvalue weighted by Gasteiger charge is 2.55. The molecule has 0 aliphatic heterocycles. The van der Waals surface area contributed by atoms with Crippen molar-refractivity contribution in [3.05, 3.63) is 24.3 Å². The lowest BCUT2D eigenvalue weighted by atomic mass is 10.3. The number of para-hydroxylation sites is 2. The van der Waals surface area contributed by atoms with Gasteiger partial charge in [-0.05, 0) is 58.5 Å². The third-order valence-corrected chi connectivity index (χ3v) is 3.41. The van der Waals surface area contributed by atoms with E-state index >= 15 is 0 Å². The number of carboxylic acid groups (broad SMARTS) is 2. The van der Waals surface area contributed by atoms with Crippen LogP contribution in [0.4, 0.5) is 9.59 Å². The van der Waals surface area contributed by atoms with Gasteiger partial charge in [-0.3, -0.25) is 0 Å². The standard InChI is InChI=1S/C6H6O2.C4H2Cl4O6/c7-5-3-1-2-4-6(5)8;5-3(6,13-1(9)10)4(7,8)14-2(11)12/h1-4,7-8H;(H,9,10)(H,11,12). The zero-order valence-electron chi connectivity index (χ0n) is 10.2. The molecule has 0 amide bonds. The second kappa shape index (κ2) is 8.23. The molecule has 0 atom stereocenters. The maximum absolute atomic E-state index is 10.0. The van der Waals surface area contributed by atoms with E-state index in [1.54, 1.807) is 12.1 Å². The van der Waals surface area contributed by atoms with Gasteiger partial charge in [-0.2, -0.15) is 0 Å². The predicted octanol–water partition coefficient (Wildman–Crippen LogP) is 3.74. The molecule has 1 aromatic carbocycles. The van der Waals surface area contributed by atoms with Crippen molar-refractivity contribution in [3.63, 3.8) is 0 Å². The Hall–Kier alpha value is -1.48. The van der Waals surface area contributed by atoms with Crippen molar-refractivity contribution in [2.24, 2.45) is 0 Å². The molecule has 0 aliphatic rings. The van der Waals surface area contributed by atoms with E-state index < -0.39 is 21.3 Å². The van der Waals surface area contributed by atoms with Crippen LogP contribution >= 0.6 is 46.4 Å². The third-order valence-electron chi connectivity index (χ3n) is 1.65. The van der Waals surface area contributed by atoms with Gasteiger partial charge in [0.2, 0.25) is 0 Å². The van der Waals surface area contributed by atoms with Crippen molar-refractivity contribution in [1.82, 2.24) is 0 Å². The highest BCUT2D eigenvalue weighted by Crippen LogP contribution is 2.44. The number of ether oxygens (including phenoxy) is 2. The molecule has 22 heavy (non-hydrogen) atoms. The van der Waals surface area contributed by atoms with E-state index in [-0.39, 0.29) is 11.5 Å². The zero-order chi connectivity index (χ0) is 17.6. The Bertz CT molecular complexity index is 486. The maximum Gasteiger partial charge on any atom is 0.508 e. The minimum absolute atomic E-state index is 0.0764. The first-order valence-corrected chi connectivity index (χ1v) is 6.46. The molecule has 0 unspecified atom stereocenters. The first-order chi connectivity index (χ1) is 9.89. The Labute approximate surface area is 143 Å². The maximum atomic E-state index is 10.0. The molecule has 0 radical (unpaired) electrons. The van der Waals surface area contributed by atoms with Gasteiger partial charge in [-0.15, -0.1) is 0 Å². The fraction of sp³-hybridized carbons (Fsp3) is 0.200. The number of aromatic hydroxyl groups is 2. The average molecular weight is 398 g/mol. The normalized spacial score (nSPS) is 10.9. The van der Waals surface area contributed by atoms with Crippen molar-refractivity contribution >= 4 is 58.7 Å². The smallest absolute Gasteiger partial charge is 0.504 e.